The number of thiazole rings is 1. The summed E-state index contributed by atoms with van der Waals surface area (Å²) < 4.78 is 1.09. The maximum Gasteiger partial charge on any atom is 0.253 e. The number of para-hydroxylation sites is 1. The van der Waals surface area contributed by atoms with Gasteiger partial charge in [-0.25, -0.2) is 4.98 Å². The quantitative estimate of drug-likeness (QED) is 0.269. The van der Waals surface area contributed by atoms with Gasteiger partial charge >= 0.3 is 0 Å². The van der Waals surface area contributed by atoms with E-state index in [1.54, 1.807) is 45.4 Å². The van der Waals surface area contributed by atoms with Gasteiger partial charge in [0, 0.05) is 15.8 Å². The van der Waals surface area contributed by atoms with E-state index in [9.17, 15) is 4.79 Å². The highest BCUT2D eigenvalue weighted by Crippen LogP contribution is 2.34. The molecule has 0 aliphatic heterocycles. The zero-order chi connectivity index (χ0) is 19.3. The summed E-state index contributed by atoms with van der Waals surface area (Å²) in [6, 6.07) is 20.2. The topological polar surface area (TPSA) is 33.2 Å². The Morgan fingerprint density at radius 2 is 1.96 bits per heavy atom. The molecule has 0 aliphatic rings. The number of nitrogens with zero attached hydrogens (tertiary/aromatic N) is 2. The van der Waals surface area contributed by atoms with E-state index in [0.717, 1.165) is 30.7 Å². The third-order valence-corrected chi connectivity index (χ3v) is 6.85. The van der Waals surface area contributed by atoms with Gasteiger partial charge in [-0.15, -0.1) is 23.1 Å². The molecule has 0 saturated heterocycles. The van der Waals surface area contributed by atoms with Crippen molar-refractivity contribution in [2.75, 3.05) is 11.2 Å². The van der Waals surface area contributed by atoms with Crippen molar-refractivity contribution in [3.8, 4) is 0 Å². The number of fused-ring (bicyclic) bond motifs is 1. The summed E-state index contributed by atoms with van der Waals surface area (Å²) in [5.41, 5.74) is 2.04. The summed E-state index contributed by atoms with van der Waals surface area (Å²) in [4.78, 5) is 21.8. The van der Waals surface area contributed by atoms with Crippen molar-refractivity contribution in [1.82, 2.24) is 4.98 Å². The van der Waals surface area contributed by atoms with E-state index < -0.39 is 0 Å². The van der Waals surface area contributed by atoms with E-state index >= 15 is 0 Å². The van der Waals surface area contributed by atoms with Crippen molar-refractivity contribution in [3.63, 3.8) is 0 Å². The van der Waals surface area contributed by atoms with Crippen molar-refractivity contribution in [2.45, 2.75) is 11.4 Å². The Morgan fingerprint density at radius 1 is 1.11 bits per heavy atom. The Hall–Kier alpha value is -2.41. The van der Waals surface area contributed by atoms with E-state index in [-0.39, 0.29) is 5.91 Å². The number of carbonyl (C=O) groups excluding carboxylic acids is 1. The van der Waals surface area contributed by atoms with Crippen LogP contribution in [-0.2, 0) is 11.3 Å². The molecule has 0 aliphatic carbocycles. The van der Waals surface area contributed by atoms with E-state index in [0.29, 0.717) is 6.54 Å². The fourth-order valence-electron chi connectivity index (χ4n) is 2.83. The maximum atomic E-state index is 13.1. The van der Waals surface area contributed by atoms with Crippen LogP contribution < -0.4 is 4.90 Å². The first-order valence-electron chi connectivity index (χ1n) is 8.75. The van der Waals surface area contributed by atoms with Gasteiger partial charge in [0.1, 0.15) is 0 Å². The molecule has 140 valence electrons. The second-order valence-corrected chi connectivity index (χ2v) is 8.90. The minimum Gasteiger partial charge on any atom is -0.280 e. The summed E-state index contributed by atoms with van der Waals surface area (Å²) in [5, 5.41) is 2.73. The molecule has 0 fully saturated rings. The van der Waals surface area contributed by atoms with Gasteiger partial charge in [-0.1, -0.05) is 53.8 Å². The Morgan fingerprint density at radius 3 is 2.71 bits per heavy atom. The van der Waals surface area contributed by atoms with Gasteiger partial charge in [0.25, 0.3) is 5.91 Å². The van der Waals surface area contributed by atoms with Crippen LogP contribution in [0.25, 0.3) is 16.3 Å². The van der Waals surface area contributed by atoms with Gasteiger partial charge in [-0.2, -0.15) is 0 Å². The third kappa shape index (κ3) is 4.19. The smallest absolute Gasteiger partial charge is 0.253 e. The first-order chi connectivity index (χ1) is 13.7. The second-order valence-electron chi connectivity index (χ2n) is 6.06. The molecule has 0 saturated carbocycles. The number of amides is 1. The molecule has 1 amide bonds. The number of hydrogen-bond donors (Lipinski definition) is 0. The van der Waals surface area contributed by atoms with E-state index in [1.807, 2.05) is 66.2 Å². The molecule has 0 spiro atoms. The number of benzene rings is 2. The Bertz CT molecular complexity index is 1100. The van der Waals surface area contributed by atoms with Crippen molar-refractivity contribution in [2.24, 2.45) is 0 Å². The van der Waals surface area contributed by atoms with Gasteiger partial charge < -0.3 is 0 Å². The predicted molar refractivity (Wildman–Crippen MR) is 122 cm³/mol. The number of aromatic nitrogens is 1. The van der Waals surface area contributed by atoms with Crippen LogP contribution in [0.3, 0.4) is 0 Å². The number of thioether (sulfide) groups is 1. The molecule has 0 unspecified atom stereocenters. The minimum absolute atomic E-state index is 0.0676. The number of anilines is 1. The standard InChI is InChI=1S/C22H18N2OS3/c1-26-18-10-5-11-19-21(18)23-22(28-19)24(15-16-7-3-2-4-8-16)20(25)13-12-17-9-6-14-27-17/h2-14H,15H2,1H3/b13-12+. The summed E-state index contributed by atoms with van der Waals surface area (Å²) in [6.07, 6.45) is 5.55. The van der Waals surface area contributed by atoms with Gasteiger partial charge in [-0.05, 0) is 41.5 Å². The van der Waals surface area contributed by atoms with Crippen LogP contribution in [0.2, 0.25) is 0 Å². The van der Waals surface area contributed by atoms with Crippen LogP contribution in [0.1, 0.15) is 10.4 Å². The molecule has 2 aromatic heterocycles. The van der Waals surface area contributed by atoms with Crippen molar-refractivity contribution in [1.29, 1.82) is 0 Å². The number of rotatable bonds is 6. The number of thiophene rings is 1. The van der Waals surface area contributed by atoms with Crippen molar-refractivity contribution in [3.05, 3.63) is 82.6 Å². The zero-order valence-corrected chi connectivity index (χ0v) is 17.7. The minimum atomic E-state index is -0.0676. The largest absolute Gasteiger partial charge is 0.280 e. The lowest BCUT2D eigenvalue weighted by atomic mass is 10.2. The Kier molecular flexibility index (Phi) is 5.90. The molecule has 0 radical (unpaired) electrons. The molecule has 0 atom stereocenters. The van der Waals surface area contributed by atoms with Crippen LogP contribution >= 0.6 is 34.4 Å². The van der Waals surface area contributed by atoms with Gasteiger partial charge in [0.15, 0.2) is 5.13 Å². The summed E-state index contributed by atoms with van der Waals surface area (Å²) in [5.74, 6) is -0.0676. The predicted octanol–water partition coefficient (Wildman–Crippen LogP) is 6.33. The first-order valence-corrected chi connectivity index (χ1v) is 11.7. The van der Waals surface area contributed by atoms with Crippen LogP contribution in [0, 0.1) is 0 Å². The van der Waals surface area contributed by atoms with Gasteiger partial charge in [-0.3, -0.25) is 9.69 Å². The summed E-state index contributed by atoms with van der Waals surface area (Å²) in [7, 11) is 0. The Labute approximate surface area is 176 Å². The average Bonchev–Trinajstić information content (AvgIpc) is 3.40. The monoisotopic (exact) mass is 422 g/mol. The van der Waals surface area contributed by atoms with Crippen molar-refractivity contribution >= 4 is 61.8 Å². The van der Waals surface area contributed by atoms with E-state index in [4.69, 9.17) is 4.98 Å². The molecule has 6 heteroatoms. The lowest BCUT2D eigenvalue weighted by molar-refractivity contribution is -0.114. The van der Waals surface area contributed by atoms with E-state index in [1.165, 1.54) is 0 Å². The van der Waals surface area contributed by atoms with Crippen LogP contribution in [0.5, 0.6) is 0 Å². The molecule has 28 heavy (non-hydrogen) atoms. The fraction of sp³-hybridized carbons (Fsp3) is 0.0909. The van der Waals surface area contributed by atoms with Crippen molar-refractivity contribution < 1.29 is 4.79 Å². The summed E-state index contributed by atoms with van der Waals surface area (Å²) >= 11 is 4.84. The highest BCUT2D eigenvalue weighted by Gasteiger charge is 2.19. The molecule has 4 aromatic rings. The normalized spacial score (nSPS) is 11.3. The molecule has 0 bridgehead atoms. The molecule has 0 N–H and O–H groups in total. The van der Waals surface area contributed by atoms with Gasteiger partial charge in [0.2, 0.25) is 0 Å². The summed E-state index contributed by atoms with van der Waals surface area (Å²) in [6.45, 7) is 0.489. The molecular formula is C22H18N2OS3. The molecule has 2 aromatic carbocycles. The number of hydrogen-bond acceptors (Lipinski definition) is 5. The SMILES string of the molecule is CSc1cccc2sc(N(Cc3ccccc3)C(=O)/C=C/c3cccs3)nc12. The van der Waals surface area contributed by atoms with Gasteiger partial charge in [0.05, 0.1) is 16.8 Å². The second kappa shape index (κ2) is 8.73. The molecule has 4 rings (SSSR count). The highest BCUT2D eigenvalue weighted by molar-refractivity contribution is 7.98. The molecular weight excluding hydrogens is 404 g/mol. The fourth-order valence-corrected chi connectivity index (χ4v) is 5.07. The van der Waals surface area contributed by atoms with Crippen LogP contribution in [0.15, 0.2) is 77.0 Å². The van der Waals surface area contributed by atoms with Crippen LogP contribution in [-0.4, -0.2) is 17.1 Å². The first kappa shape index (κ1) is 18.9. The zero-order valence-electron chi connectivity index (χ0n) is 15.2. The molecule has 3 nitrogen and oxygen atoms in total. The lowest BCUT2D eigenvalue weighted by Gasteiger charge is -2.18. The third-order valence-electron chi connectivity index (χ3n) is 4.20. The Balaban J connectivity index is 1.71. The molecule has 2 heterocycles. The highest BCUT2D eigenvalue weighted by atomic mass is 32.2. The van der Waals surface area contributed by atoms with E-state index in [2.05, 4.69) is 12.1 Å². The lowest BCUT2D eigenvalue weighted by Crippen LogP contribution is -2.28. The maximum absolute atomic E-state index is 13.1. The number of carbonyl (C=O) groups is 1. The van der Waals surface area contributed by atoms with Crippen LogP contribution in [0.4, 0.5) is 5.13 Å². The average molecular weight is 423 g/mol.